The van der Waals surface area contributed by atoms with Gasteiger partial charge in [0, 0.05) is 12.9 Å². The molecule has 0 unspecified atom stereocenters. The topological polar surface area (TPSA) is 169 Å². The highest BCUT2D eigenvalue weighted by atomic mass is 32.2. The molecule has 4 rings (SSSR count). The highest BCUT2D eigenvalue weighted by Gasteiger charge is 2.28. The van der Waals surface area contributed by atoms with Crippen molar-refractivity contribution in [3.63, 3.8) is 0 Å². The lowest BCUT2D eigenvalue weighted by molar-refractivity contribution is -0.00677. The van der Waals surface area contributed by atoms with Crippen LogP contribution in [0.4, 0.5) is 16.0 Å². The normalized spacial score (nSPS) is 19.2. The average molecular weight is 454 g/mol. The molecule has 0 bridgehead atoms. The molecule has 0 saturated carbocycles. The highest BCUT2D eigenvalue weighted by Crippen LogP contribution is 2.30. The van der Waals surface area contributed by atoms with E-state index in [2.05, 4.69) is 19.9 Å². The van der Waals surface area contributed by atoms with Crippen molar-refractivity contribution in [2.45, 2.75) is 31.2 Å². The van der Waals surface area contributed by atoms with Gasteiger partial charge in [-0.3, -0.25) is 4.57 Å². The van der Waals surface area contributed by atoms with Crippen LogP contribution in [-0.2, 0) is 16.0 Å². The third-order valence-electron chi connectivity index (χ3n) is 4.41. The molecule has 4 heterocycles. The first-order valence-electron chi connectivity index (χ1n) is 9.20. The zero-order valence-electron chi connectivity index (χ0n) is 16.9. The van der Waals surface area contributed by atoms with Crippen LogP contribution >= 0.6 is 11.8 Å². The number of anilines is 2. The van der Waals surface area contributed by atoms with E-state index in [1.807, 2.05) is 11.5 Å². The Balaban J connectivity index is 0.000000176. The van der Waals surface area contributed by atoms with Crippen LogP contribution in [0.15, 0.2) is 23.6 Å². The molecule has 5 N–H and O–H groups in total. The number of imidazole rings is 1. The summed E-state index contributed by atoms with van der Waals surface area (Å²) in [5.74, 6) is -0.328. The molecule has 1 aliphatic heterocycles. The molecule has 168 valence electrons. The summed E-state index contributed by atoms with van der Waals surface area (Å²) in [6.07, 6.45) is 3.60. The molecule has 0 amide bonds. The van der Waals surface area contributed by atoms with Crippen molar-refractivity contribution in [2.24, 2.45) is 0 Å². The summed E-state index contributed by atoms with van der Waals surface area (Å²) >= 11 is 1.35. The highest BCUT2D eigenvalue weighted by molar-refractivity contribution is 8.00. The van der Waals surface area contributed by atoms with Crippen molar-refractivity contribution in [3.05, 3.63) is 35.2 Å². The second-order valence-electron chi connectivity index (χ2n) is 6.57. The molecule has 31 heavy (non-hydrogen) atoms. The minimum absolute atomic E-state index is 0.110. The molecule has 1 saturated heterocycles. The maximum Gasteiger partial charge on any atom is 0.351 e. The first-order chi connectivity index (χ1) is 14.8. The lowest BCUT2D eigenvalue weighted by Gasteiger charge is -2.13. The largest absolute Gasteiger partial charge is 0.393 e. The lowest BCUT2D eigenvalue weighted by Crippen LogP contribution is -2.29. The number of ether oxygens (including phenoxy) is 2. The minimum atomic E-state index is -0.763. The first-order valence-corrected chi connectivity index (χ1v) is 10.2. The monoisotopic (exact) mass is 454 g/mol. The molecule has 12 nitrogen and oxygen atoms in total. The number of thioether (sulfide) groups is 1. The van der Waals surface area contributed by atoms with Crippen LogP contribution in [0.3, 0.4) is 0 Å². The molecule has 0 spiro atoms. The number of nitrogens with two attached hydrogens (primary N) is 2. The second kappa shape index (κ2) is 10.00. The van der Waals surface area contributed by atoms with Crippen LogP contribution in [0.25, 0.3) is 11.2 Å². The summed E-state index contributed by atoms with van der Waals surface area (Å²) in [7, 11) is 1.67. The lowest BCUT2D eigenvalue weighted by atomic mass is 10.4. The van der Waals surface area contributed by atoms with Gasteiger partial charge >= 0.3 is 5.69 Å². The van der Waals surface area contributed by atoms with Crippen molar-refractivity contribution in [2.75, 3.05) is 30.9 Å². The van der Waals surface area contributed by atoms with Gasteiger partial charge in [0.15, 0.2) is 23.1 Å². The van der Waals surface area contributed by atoms with Gasteiger partial charge in [-0.05, 0) is 6.92 Å². The Hall–Kier alpha value is -2.81. The molecule has 14 heteroatoms. The van der Waals surface area contributed by atoms with Gasteiger partial charge in [-0.1, -0.05) is 0 Å². The number of aliphatic hydroxyl groups excluding tert-OH is 1. The van der Waals surface area contributed by atoms with E-state index in [1.165, 1.54) is 18.1 Å². The zero-order valence-corrected chi connectivity index (χ0v) is 17.7. The third kappa shape index (κ3) is 5.28. The Bertz CT molecular complexity index is 1090. The maximum absolute atomic E-state index is 13.1. The standard InChI is InChI=1S/C9H13N5O.C8H10FN3O3S/c1-6(15-2)3-14-5-13-7-8(10)11-4-12-9(7)14;9-4-1-12(8(14)11-7(4)10)5-3-16-6(2-13)15-5/h4-6H,3H2,1-2H3,(H2,10,11,12);1,5-6,13H,2-3H2,(H2,10,11,14)/t6-;5-,6+/m11/s1. The first kappa shape index (κ1) is 22.9. The number of halogens is 1. The number of hydrogen-bond acceptors (Lipinski definition) is 11. The van der Waals surface area contributed by atoms with Crippen LogP contribution in [0.1, 0.15) is 13.2 Å². The summed E-state index contributed by atoms with van der Waals surface area (Å²) in [5.41, 5.74) is 11.2. The number of nitrogen functional groups attached to an aromatic ring is 2. The number of methoxy groups -OCH3 is 1. The predicted octanol–water partition coefficient (Wildman–Crippen LogP) is -0.0116. The molecule has 0 aliphatic carbocycles. The van der Waals surface area contributed by atoms with Gasteiger partial charge in [0.1, 0.15) is 23.5 Å². The number of nitrogens with zero attached hydrogens (tertiary/aromatic N) is 6. The SMILES string of the molecule is CO[C@H](C)Cn1cnc2c(N)ncnc21.Nc1nc(=O)n([C@H]2CS[C@@H](CO)O2)cc1F. The molecule has 3 atom stereocenters. The summed E-state index contributed by atoms with van der Waals surface area (Å²) in [6.45, 7) is 2.53. The van der Waals surface area contributed by atoms with Crippen LogP contribution < -0.4 is 17.2 Å². The van der Waals surface area contributed by atoms with Gasteiger partial charge in [-0.2, -0.15) is 4.98 Å². The Morgan fingerprint density at radius 3 is 2.84 bits per heavy atom. The van der Waals surface area contributed by atoms with E-state index in [4.69, 9.17) is 26.0 Å². The van der Waals surface area contributed by atoms with Gasteiger partial charge in [0.2, 0.25) is 0 Å². The van der Waals surface area contributed by atoms with Gasteiger partial charge in [-0.15, -0.1) is 11.8 Å². The fourth-order valence-corrected chi connectivity index (χ4v) is 3.66. The van der Waals surface area contributed by atoms with E-state index in [9.17, 15) is 9.18 Å². The molecule has 0 aromatic carbocycles. The van der Waals surface area contributed by atoms with Gasteiger partial charge in [0.05, 0.1) is 31.8 Å². The van der Waals surface area contributed by atoms with E-state index >= 15 is 0 Å². The quantitative estimate of drug-likeness (QED) is 0.474. The van der Waals surface area contributed by atoms with Gasteiger partial charge in [-0.25, -0.2) is 24.1 Å². The van der Waals surface area contributed by atoms with Crippen LogP contribution in [0.5, 0.6) is 0 Å². The minimum Gasteiger partial charge on any atom is -0.393 e. The molecule has 3 aromatic rings. The third-order valence-corrected chi connectivity index (χ3v) is 5.52. The van der Waals surface area contributed by atoms with Crippen LogP contribution in [-0.4, -0.2) is 65.2 Å². The van der Waals surface area contributed by atoms with Crippen molar-refractivity contribution >= 4 is 34.6 Å². The second-order valence-corrected chi connectivity index (χ2v) is 7.77. The molecular weight excluding hydrogens is 431 g/mol. The molecular formula is C17H23FN8O4S. The van der Waals surface area contributed by atoms with E-state index in [0.29, 0.717) is 23.6 Å². The van der Waals surface area contributed by atoms with Gasteiger partial charge in [0.25, 0.3) is 0 Å². The van der Waals surface area contributed by atoms with E-state index < -0.39 is 29.0 Å². The van der Waals surface area contributed by atoms with Crippen molar-refractivity contribution in [1.29, 1.82) is 0 Å². The Labute approximate surface area is 180 Å². The molecule has 3 aromatic heterocycles. The summed E-state index contributed by atoms with van der Waals surface area (Å²) in [5, 5.41) is 8.86. The van der Waals surface area contributed by atoms with E-state index in [0.717, 1.165) is 16.4 Å². The Kier molecular flexibility index (Phi) is 7.37. The fourth-order valence-electron chi connectivity index (χ4n) is 2.73. The number of fused-ring (bicyclic) bond motifs is 1. The Morgan fingerprint density at radius 1 is 1.39 bits per heavy atom. The average Bonchev–Trinajstić information content (AvgIpc) is 3.39. The van der Waals surface area contributed by atoms with E-state index in [1.54, 1.807) is 13.4 Å². The zero-order chi connectivity index (χ0) is 22.5. The molecule has 1 aliphatic rings. The number of aromatic nitrogens is 6. The van der Waals surface area contributed by atoms with Crippen molar-refractivity contribution in [1.82, 2.24) is 29.1 Å². The van der Waals surface area contributed by atoms with Gasteiger partial charge < -0.3 is 30.6 Å². The van der Waals surface area contributed by atoms with Crippen molar-refractivity contribution < 1.29 is 19.0 Å². The van der Waals surface area contributed by atoms with E-state index in [-0.39, 0.29) is 12.7 Å². The fraction of sp³-hybridized carbons (Fsp3) is 0.471. The smallest absolute Gasteiger partial charge is 0.351 e. The number of aliphatic hydroxyl groups is 1. The van der Waals surface area contributed by atoms with Crippen molar-refractivity contribution in [3.8, 4) is 0 Å². The summed E-state index contributed by atoms with van der Waals surface area (Å²) in [6, 6.07) is 0. The Morgan fingerprint density at radius 2 is 2.16 bits per heavy atom. The molecule has 0 radical (unpaired) electrons. The maximum atomic E-state index is 13.1. The summed E-state index contributed by atoms with van der Waals surface area (Å²) in [4.78, 5) is 26.9. The number of rotatable bonds is 5. The molecule has 1 fully saturated rings. The van der Waals surface area contributed by atoms with Crippen LogP contribution in [0, 0.1) is 5.82 Å². The van der Waals surface area contributed by atoms with Crippen LogP contribution in [0.2, 0.25) is 0 Å². The predicted molar refractivity (Wildman–Crippen MR) is 113 cm³/mol. The summed E-state index contributed by atoms with van der Waals surface area (Å²) < 4.78 is 26.6. The number of hydrogen-bond donors (Lipinski definition) is 3.